The number of amides is 1. The summed E-state index contributed by atoms with van der Waals surface area (Å²) in [5.41, 5.74) is 0.0616. The molecular weight excluding hydrogens is 376 g/mol. The van der Waals surface area contributed by atoms with Crippen LogP contribution in [0.1, 0.15) is 10.4 Å². The van der Waals surface area contributed by atoms with E-state index >= 15 is 0 Å². The lowest BCUT2D eigenvalue weighted by Gasteiger charge is -2.29. The number of aliphatic hydroxyl groups excluding tert-OH is 1. The standard InChI is InChI=1S/C17H16N2O7S/c1-27(23,24)19-12-8-13-11(16(21)15(18-9-20)17(22)26-13)7-14(12)25-10-5-3-2-4-6-10/h2-9,15,17,19,22H,1H3,(H,18,20). The van der Waals surface area contributed by atoms with Crippen LogP contribution in [0.5, 0.6) is 17.2 Å². The van der Waals surface area contributed by atoms with Crippen molar-refractivity contribution in [1.29, 1.82) is 0 Å². The number of aliphatic hydroxyl groups is 1. The Morgan fingerprint density at radius 1 is 1.22 bits per heavy atom. The summed E-state index contributed by atoms with van der Waals surface area (Å²) in [6.07, 6.45) is -0.368. The molecule has 0 spiro atoms. The molecule has 10 heteroatoms. The van der Waals surface area contributed by atoms with E-state index in [9.17, 15) is 23.1 Å². The van der Waals surface area contributed by atoms with E-state index in [1.165, 1.54) is 12.1 Å². The molecule has 1 aliphatic rings. The minimum absolute atomic E-state index is 0.0295. The molecule has 1 amide bonds. The zero-order valence-electron chi connectivity index (χ0n) is 14.1. The number of benzene rings is 2. The van der Waals surface area contributed by atoms with Crippen LogP contribution < -0.4 is 19.5 Å². The predicted molar refractivity (Wildman–Crippen MR) is 95.4 cm³/mol. The Balaban J connectivity index is 2.08. The maximum atomic E-state index is 12.6. The molecule has 0 radical (unpaired) electrons. The highest BCUT2D eigenvalue weighted by Gasteiger charge is 2.37. The third-order valence-electron chi connectivity index (χ3n) is 3.68. The number of anilines is 1. The van der Waals surface area contributed by atoms with Gasteiger partial charge in [0.25, 0.3) is 0 Å². The maximum Gasteiger partial charge on any atom is 0.229 e. The summed E-state index contributed by atoms with van der Waals surface area (Å²) < 4.78 is 36.6. The van der Waals surface area contributed by atoms with Crippen LogP contribution in [0, 0.1) is 0 Å². The van der Waals surface area contributed by atoms with Crippen LogP contribution in [0.15, 0.2) is 42.5 Å². The number of hydrogen-bond acceptors (Lipinski definition) is 7. The Hall–Kier alpha value is -3.11. The van der Waals surface area contributed by atoms with Crippen molar-refractivity contribution in [1.82, 2.24) is 5.32 Å². The quantitative estimate of drug-likeness (QED) is 0.621. The highest BCUT2D eigenvalue weighted by atomic mass is 32.2. The number of carbonyl (C=O) groups excluding carboxylic acids is 2. The number of nitrogens with one attached hydrogen (secondary N) is 2. The highest BCUT2D eigenvalue weighted by Crippen LogP contribution is 2.39. The monoisotopic (exact) mass is 392 g/mol. The number of ether oxygens (including phenoxy) is 2. The number of rotatable bonds is 6. The lowest BCUT2D eigenvalue weighted by atomic mass is 9.99. The van der Waals surface area contributed by atoms with Gasteiger partial charge in [-0.3, -0.25) is 14.3 Å². The Morgan fingerprint density at radius 2 is 1.93 bits per heavy atom. The Kier molecular flexibility index (Phi) is 5.02. The van der Waals surface area contributed by atoms with Crippen molar-refractivity contribution < 1.29 is 32.6 Å². The third-order valence-corrected chi connectivity index (χ3v) is 4.27. The zero-order valence-corrected chi connectivity index (χ0v) is 14.9. The SMILES string of the molecule is CS(=O)(=O)Nc1cc2c(cc1Oc1ccccc1)C(=O)C(NC=O)C(O)O2. The molecule has 2 aromatic rings. The van der Waals surface area contributed by atoms with Crippen LogP contribution in [0.2, 0.25) is 0 Å². The molecule has 3 rings (SSSR count). The first-order valence-electron chi connectivity index (χ1n) is 7.76. The molecule has 27 heavy (non-hydrogen) atoms. The van der Waals surface area contributed by atoms with Crippen LogP contribution in [0.25, 0.3) is 0 Å². The van der Waals surface area contributed by atoms with Crippen LogP contribution >= 0.6 is 0 Å². The lowest BCUT2D eigenvalue weighted by Crippen LogP contribution is -2.51. The van der Waals surface area contributed by atoms with E-state index in [1.807, 2.05) is 0 Å². The highest BCUT2D eigenvalue weighted by molar-refractivity contribution is 7.92. The van der Waals surface area contributed by atoms with Crippen molar-refractivity contribution in [2.45, 2.75) is 12.3 Å². The molecule has 0 aliphatic carbocycles. The number of sulfonamides is 1. The lowest BCUT2D eigenvalue weighted by molar-refractivity contribution is -0.113. The van der Waals surface area contributed by atoms with Crippen molar-refractivity contribution in [3.63, 3.8) is 0 Å². The van der Waals surface area contributed by atoms with Crippen LogP contribution in [0.3, 0.4) is 0 Å². The van der Waals surface area contributed by atoms with Gasteiger partial charge in [0.05, 0.1) is 17.5 Å². The van der Waals surface area contributed by atoms with E-state index in [0.29, 0.717) is 5.75 Å². The average molecular weight is 392 g/mol. The van der Waals surface area contributed by atoms with E-state index in [2.05, 4.69) is 10.0 Å². The van der Waals surface area contributed by atoms with Crippen LogP contribution in [0.4, 0.5) is 5.69 Å². The van der Waals surface area contributed by atoms with Gasteiger partial charge in [-0.1, -0.05) is 18.2 Å². The maximum absolute atomic E-state index is 12.6. The molecule has 2 aromatic carbocycles. The summed E-state index contributed by atoms with van der Waals surface area (Å²) >= 11 is 0. The Labute approximate surface area is 155 Å². The summed E-state index contributed by atoms with van der Waals surface area (Å²) in [5, 5.41) is 12.1. The second-order valence-electron chi connectivity index (χ2n) is 5.77. The smallest absolute Gasteiger partial charge is 0.229 e. The van der Waals surface area contributed by atoms with Gasteiger partial charge in [-0.05, 0) is 18.2 Å². The fourth-order valence-electron chi connectivity index (χ4n) is 2.56. The third kappa shape index (κ3) is 4.18. The summed E-state index contributed by atoms with van der Waals surface area (Å²) in [7, 11) is -3.66. The van der Waals surface area contributed by atoms with Gasteiger partial charge in [-0.2, -0.15) is 0 Å². The summed E-state index contributed by atoms with van der Waals surface area (Å²) in [6, 6.07) is 9.80. The second kappa shape index (κ2) is 7.25. The van der Waals surface area contributed by atoms with Gasteiger partial charge < -0.3 is 19.9 Å². The Morgan fingerprint density at radius 3 is 2.56 bits per heavy atom. The normalized spacial score (nSPS) is 18.8. The van der Waals surface area contributed by atoms with Gasteiger partial charge in [0.1, 0.15) is 11.5 Å². The van der Waals surface area contributed by atoms with Crippen molar-refractivity contribution in [3.05, 3.63) is 48.0 Å². The molecule has 142 valence electrons. The average Bonchev–Trinajstić information content (AvgIpc) is 2.59. The van der Waals surface area contributed by atoms with Gasteiger partial charge in [-0.15, -0.1) is 0 Å². The molecule has 9 nitrogen and oxygen atoms in total. The zero-order chi connectivity index (χ0) is 19.6. The van der Waals surface area contributed by atoms with Gasteiger partial charge in [0, 0.05) is 6.07 Å². The van der Waals surface area contributed by atoms with Crippen molar-refractivity contribution in [2.75, 3.05) is 11.0 Å². The molecule has 3 N–H and O–H groups in total. The molecule has 0 bridgehead atoms. The molecule has 0 saturated carbocycles. The number of para-hydroxylation sites is 1. The summed E-state index contributed by atoms with van der Waals surface area (Å²) in [5.74, 6) is -0.160. The molecule has 0 saturated heterocycles. The summed E-state index contributed by atoms with van der Waals surface area (Å²) in [4.78, 5) is 23.2. The molecule has 0 aromatic heterocycles. The van der Waals surface area contributed by atoms with Crippen LogP contribution in [-0.2, 0) is 14.8 Å². The fourth-order valence-corrected chi connectivity index (χ4v) is 3.11. The number of ketones is 1. The number of fused-ring (bicyclic) bond motifs is 1. The van der Waals surface area contributed by atoms with Gasteiger partial charge in [-0.25, -0.2) is 8.42 Å². The fraction of sp³-hybridized carbons (Fsp3) is 0.176. The topological polar surface area (TPSA) is 131 Å². The number of hydrogen-bond donors (Lipinski definition) is 3. The molecule has 1 heterocycles. The first kappa shape index (κ1) is 18.7. The molecule has 1 aliphatic heterocycles. The van der Waals surface area contributed by atoms with E-state index in [4.69, 9.17) is 9.47 Å². The van der Waals surface area contributed by atoms with Crippen LogP contribution in [-0.4, -0.2) is 44.3 Å². The predicted octanol–water partition coefficient (Wildman–Crippen LogP) is 0.858. The van der Waals surface area contributed by atoms with E-state index in [-0.39, 0.29) is 29.2 Å². The molecular formula is C17H16N2O7S. The first-order valence-corrected chi connectivity index (χ1v) is 9.65. The minimum Gasteiger partial charge on any atom is -0.462 e. The Bertz CT molecular complexity index is 976. The molecule has 0 fully saturated rings. The van der Waals surface area contributed by atoms with Crippen molar-refractivity contribution in [2.24, 2.45) is 0 Å². The van der Waals surface area contributed by atoms with Gasteiger partial charge in [0.15, 0.2) is 17.6 Å². The number of carbonyl (C=O) groups is 2. The summed E-state index contributed by atoms with van der Waals surface area (Å²) in [6.45, 7) is 0. The second-order valence-corrected chi connectivity index (χ2v) is 7.52. The van der Waals surface area contributed by atoms with Gasteiger partial charge in [0.2, 0.25) is 22.7 Å². The van der Waals surface area contributed by atoms with Crippen molar-refractivity contribution >= 4 is 27.9 Å². The van der Waals surface area contributed by atoms with E-state index < -0.39 is 28.1 Å². The number of Topliss-reactive ketones (excluding diaryl/α,β-unsaturated/α-hetero) is 1. The van der Waals surface area contributed by atoms with E-state index in [0.717, 1.165) is 6.26 Å². The molecule has 2 atom stereocenters. The molecule has 2 unspecified atom stereocenters. The van der Waals surface area contributed by atoms with Gasteiger partial charge >= 0.3 is 0 Å². The van der Waals surface area contributed by atoms with Crippen molar-refractivity contribution in [3.8, 4) is 17.2 Å². The first-order chi connectivity index (χ1) is 12.8. The minimum atomic E-state index is -3.66. The van der Waals surface area contributed by atoms with E-state index in [1.54, 1.807) is 30.3 Å². The largest absolute Gasteiger partial charge is 0.462 e.